The number of halogens is 1. The lowest BCUT2D eigenvalue weighted by Crippen LogP contribution is -0.569. The van der Waals surface area contributed by atoms with Gasteiger partial charge in [0.05, 0.1) is 0 Å². The van der Waals surface area contributed by atoms with E-state index in [-0.39, 0.29) is 29.5 Å². The molecule has 0 aromatic rings. The molecule has 0 saturated carbocycles. The average molecular weight is 173 g/mol. The van der Waals surface area contributed by atoms with Crippen LogP contribution in [0.2, 0.25) is 0 Å². The molecule has 3 heteroatoms. The minimum atomic E-state index is 0. The van der Waals surface area contributed by atoms with Gasteiger partial charge in [-0.2, -0.15) is 0 Å². The van der Waals surface area contributed by atoms with Crippen LogP contribution in [-0.2, 0) is 0 Å². The van der Waals surface area contributed by atoms with Gasteiger partial charge in [-0.1, -0.05) is 0 Å². The van der Waals surface area contributed by atoms with Gasteiger partial charge in [0.2, 0.25) is 0 Å². The molecule has 0 fully saturated rings. The number of hydrogen-bond acceptors (Lipinski definition) is 1. The van der Waals surface area contributed by atoms with Crippen LogP contribution < -0.4 is 0 Å². The molecular formula is CH4INO. The van der Waals surface area contributed by atoms with E-state index in [1.807, 2.05) is 0 Å². The molecule has 0 aliphatic heterocycles. The number of nitriles is 1. The molecule has 0 spiro atoms. The summed E-state index contributed by atoms with van der Waals surface area (Å²) >= 11 is 0. The predicted octanol–water partition coefficient (Wildman–Crippen LogP) is -0.0669. The van der Waals surface area contributed by atoms with E-state index < -0.39 is 0 Å². The van der Waals surface area contributed by atoms with E-state index in [4.69, 9.17) is 5.26 Å². The van der Waals surface area contributed by atoms with Gasteiger partial charge in [0.25, 0.3) is 0 Å². The van der Waals surface area contributed by atoms with Crippen molar-refractivity contribution in [3.63, 3.8) is 0 Å². The summed E-state index contributed by atoms with van der Waals surface area (Å²) in [5, 5.41) is 6.50. The zero-order valence-electron chi connectivity index (χ0n) is 1.93. The van der Waals surface area contributed by atoms with E-state index in [1.165, 1.54) is 0 Å². The van der Waals surface area contributed by atoms with E-state index >= 15 is 0 Å². The lowest BCUT2D eigenvalue weighted by molar-refractivity contribution is 0.824. The fourth-order valence-corrected chi connectivity index (χ4v) is 0. The van der Waals surface area contributed by atoms with Crippen molar-refractivity contribution in [3.8, 4) is 6.57 Å². The van der Waals surface area contributed by atoms with Gasteiger partial charge in [-0.15, -0.1) is 24.0 Å². The Labute approximate surface area is 41.8 Å². The van der Waals surface area contributed by atoms with Gasteiger partial charge in [-0.05, 0) is 0 Å². The van der Waals surface area contributed by atoms with Gasteiger partial charge in [0, 0.05) is 6.57 Å². The summed E-state index contributed by atoms with van der Waals surface area (Å²) in [7, 11) is 0. The lowest BCUT2D eigenvalue weighted by Gasteiger charge is -0.668. The van der Waals surface area contributed by atoms with Crippen LogP contribution in [-0.4, -0.2) is 5.48 Å². The molecule has 0 rings (SSSR count). The Bertz CT molecular complexity index is 12.8. The van der Waals surface area contributed by atoms with Gasteiger partial charge in [0.15, 0.2) is 0 Å². The molecule has 0 aliphatic rings. The molecule has 26 valence electrons. The van der Waals surface area contributed by atoms with Crippen LogP contribution in [0, 0.1) is 11.8 Å². The predicted molar refractivity (Wildman–Crippen MR) is 25.7 cm³/mol. The van der Waals surface area contributed by atoms with Gasteiger partial charge in [-0.25, -0.2) is 5.26 Å². The van der Waals surface area contributed by atoms with Crippen molar-refractivity contribution in [2.45, 2.75) is 0 Å². The number of rotatable bonds is 0. The zero-order chi connectivity index (χ0) is 2.00. The minimum Gasteiger partial charge on any atom is -0.412 e. The van der Waals surface area contributed by atoms with Crippen LogP contribution >= 0.6 is 24.0 Å². The Balaban J connectivity index is -0.00000000500. The van der Waals surface area contributed by atoms with Crippen molar-refractivity contribution in [3.05, 3.63) is 0 Å². The topological polar surface area (TPSA) is 55.3 Å². The van der Waals surface area contributed by atoms with Crippen LogP contribution in [0.4, 0.5) is 0 Å². The first-order valence-corrected chi connectivity index (χ1v) is 0.258. The molecule has 2 nitrogen and oxygen atoms in total. The van der Waals surface area contributed by atoms with Gasteiger partial charge >= 0.3 is 0 Å². The summed E-state index contributed by atoms with van der Waals surface area (Å²) in [6, 6.07) is 0. The van der Waals surface area contributed by atoms with E-state index in [0.717, 1.165) is 0 Å². The summed E-state index contributed by atoms with van der Waals surface area (Å²) in [5.74, 6) is 0. The maximum Gasteiger partial charge on any atom is 0.0462 e. The zero-order valence-corrected chi connectivity index (χ0v) is 4.26. The Hall–Kier alpha value is 0.180. The highest BCUT2D eigenvalue weighted by Crippen LogP contribution is 0.886. The maximum atomic E-state index is 6.50. The van der Waals surface area contributed by atoms with Crippen LogP contribution in [0.15, 0.2) is 0 Å². The highest BCUT2D eigenvalue weighted by molar-refractivity contribution is 14.0. The normalized spacial score (nSPS) is 0.500. The Kier molecular flexibility index (Phi) is 3540. The summed E-state index contributed by atoms with van der Waals surface area (Å²) in [6.45, 7) is 3.50. The van der Waals surface area contributed by atoms with Crippen molar-refractivity contribution < 1.29 is 5.48 Å². The molecule has 0 atom stereocenters. The molecule has 2 N–H and O–H groups in total. The Morgan fingerprint density at radius 1 is 1.25 bits per heavy atom. The minimum absolute atomic E-state index is 0. The van der Waals surface area contributed by atoms with Crippen molar-refractivity contribution >= 4 is 24.0 Å². The first kappa shape index (κ1) is 30.4. The fourth-order valence-electron chi connectivity index (χ4n) is 0. The largest absolute Gasteiger partial charge is 0.412 e. The van der Waals surface area contributed by atoms with Crippen LogP contribution in [0.1, 0.15) is 0 Å². The van der Waals surface area contributed by atoms with Crippen LogP contribution in [0.3, 0.4) is 0 Å². The molecule has 0 heterocycles. The van der Waals surface area contributed by atoms with Crippen molar-refractivity contribution in [2.24, 2.45) is 0 Å². The summed E-state index contributed by atoms with van der Waals surface area (Å²) in [5.41, 5.74) is 0. The molecule has 0 aromatic carbocycles. The molecule has 0 aliphatic carbocycles. The summed E-state index contributed by atoms with van der Waals surface area (Å²) < 4.78 is 0. The van der Waals surface area contributed by atoms with E-state index in [9.17, 15) is 0 Å². The van der Waals surface area contributed by atoms with Gasteiger partial charge in [0.1, 0.15) is 0 Å². The SMILES string of the molecule is C#N.I.O. The third-order valence-corrected chi connectivity index (χ3v) is 0. The molecule has 0 aromatic heterocycles. The third-order valence-electron chi connectivity index (χ3n) is 0. The smallest absolute Gasteiger partial charge is 0.0462 e. The molecule has 4 heavy (non-hydrogen) atoms. The molecule has 0 unspecified atom stereocenters. The van der Waals surface area contributed by atoms with E-state index in [1.54, 1.807) is 0 Å². The monoisotopic (exact) mass is 173 g/mol. The molecular weight excluding hydrogens is 169 g/mol. The first-order chi connectivity index (χ1) is 1.00. The molecule has 0 amide bonds. The molecule has 0 saturated heterocycles. The van der Waals surface area contributed by atoms with Crippen molar-refractivity contribution in [1.29, 1.82) is 5.26 Å². The Morgan fingerprint density at radius 2 is 1.25 bits per heavy atom. The van der Waals surface area contributed by atoms with Crippen molar-refractivity contribution in [2.75, 3.05) is 0 Å². The average Bonchev–Trinajstić information content (AvgIpc) is 1.00. The highest BCUT2D eigenvalue weighted by atomic mass is 127. The maximum absolute atomic E-state index is 6.50. The molecule has 0 radical (unpaired) electrons. The van der Waals surface area contributed by atoms with Gasteiger partial charge in [-0.3, -0.25) is 0 Å². The van der Waals surface area contributed by atoms with Gasteiger partial charge < -0.3 is 5.48 Å². The summed E-state index contributed by atoms with van der Waals surface area (Å²) in [4.78, 5) is 0. The Morgan fingerprint density at radius 3 is 1.25 bits per heavy atom. The highest BCUT2D eigenvalue weighted by Gasteiger charge is 0.513. The lowest BCUT2D eigenvalue weighted by atomic mass is 11.9. The number of hydrogen-bond donors (Lipinski definition) is 0. The summed E-state index contributed by atoms with van der Waals surface area (Å²) in [6.07, 6.45) is 0. The second-order valence-electron chi connectivity index (χ2n) is 0. The standard InChI is InChI=1S/CHN.HI.H2O/c1-2;;/h1H;1H;1H2. The second-order valence-corrected chi connectivity index (χ2v) is 0. The quantitative estimate of drug-likeness (QED) is 0.473. The second kappa shape index (κ2) is 466. The van der Waals surface area contributed by atoms with Crippen molar-refractivity contribution in [1.82, 2.24) is 0 Å². The van der Waals surface area contributed by atoms with E-state index in [0.29, 0.717) is 0 Å². The third kappa shape index (κ3) is 93.7. The number of nitrogens with zero attached hydrogens (tertiary/aromatic N) is 1. The van der Waals surface area contributed by atoms with Crippen LogP contribution in [0.5, 0.6) is 0 Å². The molecule has 0 bridgehead atoms. The van der Waals surface area contributed by atoms with Crippen LogP contribution in [0.25, 0.3) is 0 Å². The fraction of sp³-hybridized carbons (Fsp3) is 0. The van der Waals surface area contributed by atoms with E-state index in [2.05, 4.69) is 6.57 Å². The first-order valence-electron chi connectivity index (χ1n) is 0.258.